The molecule has 0 bridgehead atoms. The normalized spacial score (nSPS) is 16.8. The van der Waals surface area contributed by atoms with Gasteiger partial charge in [-0.3, -0.25) is 4.40 Å². The molecule has 2 aromatic rings. The van der Waals surface area contributed by atoms with Crippen molar-refractivity contribution in [2.45, 2.75) is 19.3 Å². The molecule has 3 heterocycles. The van der Waals surface area contributed by atoms with Gasteiger partial charge in [-0.1, -0.05) is 0 Å². The van der Waals surface area contributed by atoms with Gasteiger partial charge in [0.15, 0.2) is 5.65 Å². The van der Waals surface area contributed by atoms with Crippen molar-refractivity contribution in [1.29, 1.82) is 0 Å². The molecule has 3 rings (SSSR count). The molecule has 0 atom stereocenters. The van der Waals surface area contributed by atoms with Crippen LogP contribution in [0.5, 0.6) is 0 Å². The van der Waals surface area contributed by atoms with Crippen LogP contribution in [0.15, 0.2) is 18.3 Å². The predicted molar refractivity (Wildman–Crippen MR) is 73.7 cm³/mol. The van der Waals surface area contributed by atoms with Crippen LogP contribution >= 0.6 is 11.8 Å². The molecule has 0 unspecified atom stereocenters. The Bertz CT molecular complexity index is 605. The number of thioether (sulfide) groups is 1. The van der Waals surface area contributed by atoms with Gasteiger partial charge in [0.1, 0.15) is 11.4 Å². The molecular weight excluding hydrogens is 262 g/mol. The van der Waals surface area contributed by atoms with Gasteiger partial charge >= 0.3 is 5.97 Å². The summed E-state index contributed by atoms with van der Waals surface area (Å²) < 4.78 is 1.81. The van der Waals surface area contributed by atoms with Crippen molar-refractivity contribution in [3.8, 4) is 0 Å². The van der Waals surface area contributed by atoms with Crippen molar-refractivity contribution >= 4 is 23.4 Å². The fourth-order valence-corrected chi connectivity index (χ4v) is 3.68. The highest BCUT2D eigenvalue weighted by Gasteiger charge is 2.19. The number of rotatable bonds is 3. The molecule has 1 N–H and O–H groups in total. The standard InChI is InChI=1S/C13H15N3O2S/c17-13(18)10-2-1-5-16-11(14-15-12(10)16)8-9-3-6-19-7-4-9/h1-2,5,9H,3-4,6-8H2,(H,17,18). The molecule has 100 valence electrons. The molecule has 1 saturated heterocycles. The van der Waals surface area contributed by atoms with Crippen molar-refractivity contribution in [2.75, 3.05) is 11.5 Å². The Morgan fingerprint density at radius 3 is 2.95 bits per heavy atom. The Morgan fingerprint density at radius 2 is 2.21 bits per heavy atom. The molecule has 0 spiro atoms. The number of fused-ring (bicyclic) bond motifs is 1. The Balaban J connectivity index is 1.92. The molecule has 0 aliphatic carbocycles. The minimum absolute atomic E-state index is 0.209. The summed E-state index contributed by atoms with van der Waals surface area (Å²) in [6, 6.07) is 3.30. The van der Waals surface area contributed by atoms with Gasteiger partial charge in [-0.25, -0.2) is 4.79 Å². The third-order valence-corrected chi connectivity index (χ3v) is 4.60. The van der Waals surface area contributed by atoms with Gasteiger partial charge in [-0.15, -0.1) is 10.2 Å². The molecule has 1 fully saturated rings. The summed E-state index contributed by atoms with van der Waals surface area (Å²) in [5.41, 5.74) is 0.649. The maximum atomic E-state index is 11.1. The van der Waals surface area contributed by atoms with E-state index in [0.717, 1.165) is 12.2 Å². The minimum atomic E-state index is -0.960. The zero-order chi connectivity index (χ0) is 13.2. The lowest BCUT2D eigenvalue weighted by Gasteiger charge is -2.20. The van der Waals surface area contributed by atoms with Crippen LogP contribution in [0.25, 0.3) is 5.65 Å². The van der Waals surface area contributed by atoms with E-state index in [2.05, 4.69) is 10.2 Å². The van der Waals surface area contributed by atoms with Gasteiger partial charge < -0.3 is 5.11 Å². The Labute approximate surface area is 115 Å². The van der Waals surface area contributed by atoms with Crippen LogP contribution in [0.4, 0.5) is 0 Å². The highest BCUT2D eigenvalue weighted by atomic mass is 32.2. The number of hydrogen-bond donors (Lipinski definition) is 1. The van der Waals surface area contributed by atoms with Gasteiger partial charge in [-0.05, 0) is 42.4 Å². The SMILES string of the molecule is O=C(O)c1cccn2c(CC3CCSCC3)nnc12. The summed E-state index contributed by atoms with van der Waals surface area (Å²) in [4.78, 5) is 11.1. The molecular formula is C13H15N3O2S. The zero-order valence-electron chi connectivity index (χ0n) is 10.5. The van der Waals surface area contributed by atoms with E-state index in [-0.39, 0.29) is 5.56 Å². The van der Waals surface area contributed by atoms with Crippen LogP contribution in [0.3, 0.4) is 0 Å². The van der Waals surface area contributed by atoms with Gasteiger partial charge in [0, 0.05) is 12.6 Å². The second-order valence-corrected chi connectivity index (χ2v) is 6.02. The molecule has 1 aliphatic rings. The minimum Gasteiger partial charge on any atom is -0.478 e. The molecule has 6 heteroatoms. The fraction of sp³-hybridized carbons (Fsp3) is 0.462. The topological polar surface area (TPSA) is 67.5 Å². The summed E-state index contributed by atoms with van der Waals surface area (Å²) in [6.45, 7) is 0. The average molecular weight is 277 g/mol. The average Bonchev–Trinajstić information content (AvgIpc) is 2.83. The van der Waals surface area contributed by atoms with Gasteiger partial charge in [0.2, 0.25) is 0 Å². The number of aromatic nitrogens is 3. The van der Waals surface area contributed by atoms with Crippen molar-refractivity contribution in [2.24, 2.45) is 5.92 Å². The van der Waals surface area contributed by atoms with Crippen molar-refractivity contribution in [1.82, 2.24) is 14.6 Å². The summed E-state index contributed by atoms with van der Waals surface area (Å²) >= 11 is 2.00. The van der Waals surface area contributed by atoms with Crippen molar-refractivity contribution in [3.05, 3.63) is 29.7 Å². The number of hydrogen-bond acceptors (Lipinski definition) is 4. The quantitative estimate of drug-likeness (QED) is 0.930. The third-order valence-electron chi connectivity index (χ3n) is 3.55. The second-order valence-electron chi connectivity index (χ2n) is 4.80. The first-order valence-electron chi connectivity index (χ1n) is 6.39. The van der Waals surface area contributed by atoms with E-state index in [1.807, 2.05) is 22.4 Å². The molecule has 2 aromatic heterocycles. The molecule has 5 nitrogen and oxygen atoms in total. The van der Waals surface area contributed by atoms with E-state index in [9.17, 15) is 4.79 Å². The van der Waals surface area contributed by atoms with E-state index in [1.165, 1.54) is 24.3 Å². The summed E-state index contributed by atoms with van der Waals surface area (Å²) in [5, 5.41) is 17.3. The van der Waals surface area contributed by atoms with E-state index < -0.39 is 5.97 Å². The lowest BCUT2D eigenvalue weighted by molar-refractivity contribution is 0.0698. The van der Waals surface area contributed by atoms with Gasteiger partial charge in [0.25, 0.3) is 0 Å². The Kier molecular flexibility index (Phi) is 3.42. The largest absolute Gasteiger partial charge is 0.478 e. The van der Waals surface area contributed by atoms with Crippen LogP contribution in [0.2, 0.25) is 0 Å². The van der Waals surface area contributed by atoms with Crippen molar-refractivity contribution in [3.63, 3.8) is 0 Å². The lowest BCUT2D eigenvalue weighted by Crippen LogP contribution is -2.14. The zero-order valence-corrected chi connectivity index (χ0v) is 11.3. The molecule has 0 saturated carbocycles. The Morgan fingerprint density at radius 1 is 1.42 bits per heavy atom. The third kappa shape index (κ3) is 2.45. The molecule has 1 aliphatic heterocycles. The number of carboxylic acid groups (broad SMARTS) is 1. The van der Waals surface area contributed by atoms with Crippen LogP contribution in [0, 0.1) is 5.92 Å². The van der Waals surface area contributed by atoms with E-state index >= 15 is 0 Å². The number of nitrogens with zero attached hydrogens (tertiary/aromatic N) is 3. The first-order valence-corrected chi connectivity index (χ1v) is 7.55. The van der Waals surface area contributed by atoms with Crippen LogP contribution < -0.4 is 0 Å². The number of pyridine rings is 1. The van der Waals surface area contributed by atoms with Crippen molar-refractivity contribution < 1.29 is 9.90 Å². The number of carbonyl (C=O) groups is 1. The van der Waals surface area contributed by atoms with Gasteiger partial charge in [0.05, 0.1) is 0 Å². The Hall–Kier alpha value is -1.56. The molecule has 0 aromatic carbocycles. The van der Waals surface area contributed by atoms with E-state index in [1.54, 1.807) is 12.1 Å². The first kappa shape index (κ1) is 12.5. The van der Waals surface area contributed by atoms with E-state index in [4.69, 9.17) is 5.11 Å². The summed E-state index contributed by atoms with van der Waals surface area (Å²) in [6.07, 6.45) is 5.13. The monoisotopic (exact) mass is 277 g/mol. The smallest absolute Gasteiger partial charge is 0.339 e. The van der Waals surface area contributed by atoms with Crippen LogP contribution in [-0.4, -0.2) is 37.2 Å². The maximum absolute atomic E-state index is 11.1. The van der Waals surface area contributed by atoms with Gasteiger partial charge in [-0.2, -0.15) is 11.8 Å². The second kappa shape index (κ2) is 5.21. The first-order chi connectivity index (χ1) is 9.25. The number of carboxylic acids is 1. The fourth-order valence-electron chi connectivity index (χ4n) is 2.48. The molecule has 0 radical (unpaired) electrons. The maximum Gasteiger partial charge on any atom is 0.339 e. The highest BCUT2D eigenvalue weighted by Crippen LogP contribution is 2.25. The molecule has 19 heavy (non-hydrogen) atoms. The predicted octanol–water partition coefficient (Wildman–Crippen LogP) is 2.11. The van der Waals surface area contributed by atoms with Crippen LogP contribution in [-0.2, 0) is 6.42 Å². The van der Waals surface area contributed by atoms with E-state index in [0.29, 0.717) is 11.6 Å². The highest BCUT2D eigenvalue weighted by molar-refractivity contribution is 7.99. The summed E-state index contributed by atoms with van der Waals surface area (Å²) in [5.74, 6) is 2.97. The summed E-state index contributed by atoms with van der Waals surface area (Å²) in [7, 11) is 0. The lowest BCUT2D eigenvalue weighted by atomic mass is 9.98. The van der Waals surface area contributed by atoms with Crippen LogP contribution in [0.1, 0.15) is 29.0 Å². The molecule has 0 amide bonds. The number of aromatic carboxylic acids is 1.